The Labute approximate surface area is 125 Å². The summed E-state index contributed by atoms with van der Waals surface area (Å²) in [7, 11) is -3.80. The van der Waals surface area contributed by atoms with Crippen molar-refractivity contribution in [2.75, 3.05) is 26.2 Å². The molecule has 1 heterocycles. The third-order valence-electron chi connectivity index (χ3n) is 3.04. The fourth-order valence-corrected chi connectivity index (χ4v) is 3.47. The van der Waals surface area contributed by atoms with E-state index in [4.69, 9.17) is 9.47 Å². The first kappa shape index (κ1) is 18.3. The summed E-state index contributed by atoms with van der Waals surface area (Å²) in [6.45, 7) is 6.49. The molecule has 0 saturated carbocycles. The first-order chi connectivity index (χ1) is 9.58. The van der Waals surface area contributed by atoms with Gasteiger partial charge in [-0.25, -0.2) is 4.79 Å². The van der Waals surface area contributed by atoms with Crippen molar-refractivity contribution in [3.05, 3.63) is 0 Å². The summed E-state index contributed by atoms with van der Waals surface area (Å²) in [4.78, 5) is 11.5. The highest BCUT2D eigenvalue weighted by Crippen LogP contribution is 2.14. The van der Waals surface area contributed by atoms with Crippen LogP contribution in [0, 0.1) is 0 Å². The highest BCUT2D eigenvalue weighted by atomic mass is 32.2. The van der Waals surface area contributed by atoms with Crippen LogP contribution < -0.4 is 4.72 Å². The summed E-state index contributed by atoms with van der Waals surface area (Å²) < 4.78 is 38.0. The molecule has 0 unspecified atom stereocenters. The van der Waals surface area contributed by atoms with Crippen molar-refractivity contribution >= 4 is 16.2 Å². The maximum atomic E-state index is 12.2. The topological polar surface area (TPSA) is 105 Å². The molecular weight excluding hydrogens is 300 g/mol. The van der Waals surface area contributed by atoms with E-state index in [0.29, 0.717) is 0 Å². The normalized spacial score (nSPS) is 27.1. The highest BCUT2D eigenvalue weighted by Gasteiger charge is 2.36. The minimum Gasteiger partial charge on any atom is -0.464 e. The van der Waals surface area contributed by atoms with E-state index in [-0.39, 0.29) is 31.9 Å². The summed E-state index contributed by atoms with van der Waals surface area (Å²) in [5.41, 5.74) is -1.91. The molecule has 21 heavy (non-hydrogen) atoms. The number of nitrogens with one attached hydrogen (secondary N) is 1. The van der Waals surface area contributed by atoms with E-state index in [1.165, 1.54) is 11.2 Å². The maximum absolute atomic E-state index is 12.2. The van der Waals surface area contributed by atoms with Gasteiger partial charge < -0.3 is 14.6 Å². The lowest BCUT2D eigenvalue weighted by atomic mass is 10.1. The zero-order valence-electron chi connectivity index (χ0n) is 12.8. The van der Waals surface area contributed by atoms with Gasteiger partial charge in [-0.05, 0) is 27.7 Å². The van der Waals surface area contributed by atoms with E-state index in [0.717, 1.165) is 0 Å². The number of esters is 1. The molecule has 1 fully saturated rings. The number of carbonyl (C=O) groups excluding carboxylic acids is 1. The van der Waals surface area contributed by atoms with Crippen molar-refractivity contribution in [2.45, 2.75) is 45.5 Å². The monoisotopic (exact) mass is 324 g/mol. The Morgan fingerprint density at radius 3 is 2.43 bits per heavy atom. The fourth-order valence-electron chi connectivity index (χ4n) is 2.01. The van der Waals surface area contributed by atoms with Gasteiger partial charge in [0.1, 0.15) is 0 Å². The fraction of sp³-hybridized carbons (Fsp3) is 0.917. The number of hydrogen-bond donors (Lipinski definition) is 2. The number of carbonyl (C=O) groups is 1. The van der Waals surface area contributed by atoms with E-state index in [1.807, 2.05) is 0 Å². The molecule has 0 spiro atoms. The lowest BCUT2D eigenvalue weighted by Crippen LogP contribution is -2.55. The van der Waals surface area contributed by atoms with Crippen LogP contribution >= 0.6 is 0 Å². The molecule has 0 aliphatic carbocycles. The SMILES string of the molecule is CCOC(=O)[C@@](C)(O)CNS(=O)(=O)N1C[C@@H](C)O[C@@H](C)C1. The number of morpholine rings is 1. The van der Waals surface area contributed by atoms with Crippen molar-refractivity contribution in [1.29, 1.82) is 0 Å². The predicted molar refractivity (Wildman–Crippen MR) is 75.8 cm³/mol. The maximum Gasteiger partial charge on any atom is 0.339 e. The van der Waals surface area contributed by atoms with Crippen molar-refractivity contribution in [3.63, 3.8) is 0 Å². The van der Waals surface area contributed by atoms with E-state index in [2.05, 4.69) is 4.72 Å². The van der Waals surface area contributed by atoms with Crippen LogP contribution in [0.2, 0.25) is 0 Å². The van der Waals surface area contributed by atoms with Gasteiger partial charge in [0.05, 0.1) is 25.4 Å². The molecule has 1 saturated heterocycles. The molecule has 0 aromatic rings. The van der Waals surface area contributed by atoms with Gasteiger partial charge in [0.2, 0.25) is 0 Å². The highest BCUT2D eigenvalue weighted by molar-refractivity contribution is 7.87. The molecule has 124 valence electrons. The number of hydrogen-bond acceptors (Lipinski definition) is 6. The third-order valence-corrected chi connectivity index (χ3v) is 4.53. The van der Waals surface area contributed by atoms with Crippen LogP contribution in [0.1, 0.15) is 27.7 Å². The van der Waals surface area contributed by atoms with Gasteiger partial charge in [0, 0.05) is 13.1 Å². The molecule has 9 heteroatoms. The van der Waals surface area contributed by atoms with Crippen molar-refractivity contribution in [1.82, 2.24) is 9.03 Å². The summed E-state index contributed by atoms with van der Waals surface area (Å²) in [6, 6.07) is 0. The van der Waals surface area contributed by atoms with Gasteiger partial charge in [-0.15, -0.1) is 0 Å². The Balaban J connectivity index is 2.66. The minimum absolute atomic E-state index is 0.111. The minimum atomic E-state index is -3.80. The van der Waals surface area contributed by atoms with E-state index in [9.17, 15) is 18.3 Å². The third kappa shape index (κ3) is 5.19. The molecule has 0 amide bonds. The van der Waals surface area contributed by atoms with Crippen molar-refractivity contribution in [3.8, 4) is 0 Å². The van der Waals surface area contributed by atoms with Crippen LogP contribution in [0.3, 0.4) is 0 Å². The van der Waals surface area contributed by atoms with Gasteiger partial charge in [0.15, 0.2) is 5.60 Å². The summed E-state index contributed by atoms with van der Waals surface area (Å²) in [6.07, 6.45) is -0.424. The van der Waals surface area contributed by atoms with Crippen LogP contribution in [0.5, 0.6) is 0 Å². The molecule has 1 aliphatic heterocycles. The van der Waals surface area contributed by atoms with Gasteiger partial charge in [0.25, 0.3) is 10.2 Å². The largest absolute Gasteiger partial charge is 0.464 e. The Kier molecular flexibility index (Phi) is 6.11. The van der Waals surface area contributed by atoms with Gasteiger partial charge in [-0.3, -0.25) is 0 Å². The van der Waals surface area contributed by atoms with Crippen LogP contribution in [-0.2, 0) is 24.5 Å². The molecule has 1 rings (SSSR count). The molecule has 2 N–H and O–H groups in total. The summed E-state index contributed by atoms with van der Waals surface area (Å²) in [5, 5.41) is 9.94. The number of aliphatic hydroxyl groups is 1. The summed E-state index contributed by atoms with van der Waals surface area (Å²) >= 11 is 0. The Bertz CT molecular complexity index is 454. The molecule has 0 radical (unpaired) electrons. The van der Waals surface area contributed by atoms with Gasteiger partial charge in [-0.2, -0.15) is 17.4 Å². The molecule has 8 nitrogen and oxygen atoms in total. The molecule has 3 atom stereocenters. The summed E-state index contributed by atoms with van der Waals surface area (Å²) in [5.74, 6) is -0.864. The van der Waals surface area contributed by atoms with Gasteiger partial charge >= 0.3 is 5.97 Å². The Hall–Kier alpha value is -0.740. The lowest BCUT2D eigenvalue weighted by molar-refractivity contribution is -0.162. The average Bonchev–Trinajstić information content (AvgIpc) is 2.36. The second-order valence-electron chi connectivity index (χ2n) is 5.39. The van der Waals surface area contributed by atoms with Crippen molar-refractivity contribution in [2.24, 2.45) is 0 Å². The quantitative estimate of drug-likeness (QED) is 0.623. The number of nitrogens with zero attached hydrogens (tertiary/aromatic N) is 1. The van der Waals surface area contributed by atoms with Crippen LogP contribution in [0.4, 0.5) is 0 Å². The molecular formula is C12H24N2O6S. The van der Waals surface area contributed by atoms with E-state index in [1.54, 1.807) is 20.8 Å². The predicted octanol–water partition coefficient (Wildman–Crippen LogP) is -0.756. The standard InChI is InChI=1S/C12H24N2O6S/c1-5-19-11(15)12(4,16)8-13-21(17,18)14-6-9(2)20-10(3)7-14/h9-10,13,16H,5-8H2,1-4H3/t9-,10+,12-/m0/s1. The van der Waals surface area contributed by atoms with Crippen LogP contribution in [0.25, 0.3) is 0 Å². The zero-order chi connectivity index (χ0) is 16.3. The Morgan fingerprint density at radius 1 is 1.43 bits per heavy atom. The van der Waals surface area contributed by atoms with Gasteiger partial charge in [-0.1, -0.05) is 0 Å². The molecule has 0 aromatic heterocycles. The Morgan fingerprint density at radius 2 is 1.95 bits per heavy atom. The molecule has 1 aliphatic rings. The number of ether oxygens (including phenoxy) is 2. The van der Waals surface area contributed by atoms with Crippen molar-refractivity contribution < 1.29 is 27.8 Å². The second-order valence-corrected chi connectivity index (χ2v) is 7.15. The van der Waals surface area contributed by atoms with Crippen LogP contribution in [0.15, 0.2) is 0 Å². The molecule has 0 aromatic carbocycles. The smallest absolute Gasteiger partial charge is 0.339 e. The second kappa shape index (κ2) is 7.01. The van der Waals surface area contributed by atoms with Crippen LogP contribution in [-0.4, -0.2) is 67.8 Å². The van der Waals surface area contributed by atoms with E-state index < -0.39 is 28.3 Å². The number of rotatable bonds is 6. The molecule has 0 bridgehead atoms. The zero-order valence-corrected chi connectivity index (χ0v) is 13.6. The lowest BCUT2D eigenvalue weighted by Gasteiger charge is -2.34. The average molecular weight is 324 g/mol. The van der Waals surface area contributed by atoms with E-state index >= 15 is 0 Å². The first-order valence-corrected chi connectivity index (χ1v) is 8.32. The first-order valence-electron chi connectivity index (χ1n) is 6.88.